The van der Waals surface area contributed by atoms with E-state index in [0.717, 1.165) is 6.42 Å². The Bertz CT molecular complexity index is 483. The molecule has 2 aromatic rings. The van der Waals surface area contributed by atoms with E-state index in [4.69, 9.17) is 9.47 Å². The topological polar surface area (TPSA) is 18.5 Å². The van der Waals surface area contributed by atoms with Crippen molar-refractivity contribution in [3.8, 4) is 11.1 Å². The van der Waals surface area contributed by atoms with Gasteiger partial charge in [-0.2, -0.15) is 0 Å². The summed E-state index contributed by atoms with van der Waals surface area (Å²) < 4.78 is 10.2. The molecule has 0 aromatic heterocycles. The maximum absolute atomic E-state index is 5.12. The molecule has 0 heterocycles. The van der Waals surface area contributed by atoms with Crippen molar-refractivity contribution in [2.45, 2.75) is 64.6 Å². The summed E-state index contributed by atoms with van der Waals surface area (Å²) in [6.45, 7) is 2.25. The van der Waals surface area contributed by atoms with Crippen LogP contribution in [0.4, 0.5) is 0 Å². The standard InChI is InChI=1S/C12H26O2.C12H10/c1-4-5-6-7-8-9-10-11-12(13-2)14-3;1-3-7-11(8-4-1)12-9-5-2-6-10-12/h12H,4-11H2,1-3H3;1-10H. The molecule has 0 fully saturated rings. The third kappa shape index (κ3) is 10.4. The molecular formula is C24H36O2. The Kier molecular flexibility index (Phi) is 13.4. The minimum Gasteiger partial charge on any atom is -0.356 e. The summed E-state index contributed by atoms with van der Waals surface area (Å²) in [5, 5.41) is 0. The van der Waals surface area contributed by atoms with Gasteiger partial charge in [0.1, 0.15) is 0 Å². The van der Waals surface area contributed by atoms with Crippen molar-refractivity contribution in [3.05, 3.63) is 60.7 Å². The minimum atomic E-state index is 0.00522. The first-order valence-electron chi connectivity index (χ1n) is 9.97. The predicted octanol–water partition coefficient (Wildman–Crippen LogP) is 7.10. The first-order chi connectivity index (χ1) is 12.8. The number of methoxy groups -OCH3 is 2. The van der Waals surface area contributed by atoms with E-state index in [1.807, 2.05) is 12.1 Å². The molecule has 2 aromatic carbocycles. The summed E-state index contributed by atoms with van der Waals surface area (Å²) >= 11 is 0. The van der Waals surface area contributed by atoms with Crippen molar-refractivity contribution in [1.82, 2.24) is 0 Å². The lowest BCUT2D eigenvalue weighted by atomic mass is 10.1. The average molecular weight is 357 g/mol. The predicted molar refractivity (Wildman–Crippen MR) is 112 cm³/mol. The van der Waals surface area contributed by atoms with Gasteiger partial charge in [0, 0.05) is 14.2 Å². The molecular weight excluding hydrogens is 320 g/mol. The second kappa shape index (κ2) is 15.6. The number of unbranched alkanes of at least 4 members (excludes halogenated alkanes) is 6. The van der Waals surface area contributed by atoms with Crippen LogP contribution in [0.3, 0.4) is 0 Å². The maximum atomic E-state index is 5.12. The highest BCUT2D eigenvalue weighted by Crippen LogP contribution is 2.17. The molecule has 0 aliphatic heterocycles. The van der Waals surface area contributed by atoms with E-state index in [2.05, 4.69) is 55.5 Å². The van der Waals surface area contributed by atoms with Crippen LogP contribution in [0.25, 0.3) is 11.1 Å². The molecule has 144 valence electrons. The molecule has 0 saturated carbocycles. The van der Waals surface area contributed by atoms with Gasteiger partial charge in [-0.1, -0.05) is 106 Å². The molecule has 0 N–H and O–H groups in total. The molecule has 2 heteroatoms. The summed E-state index contributed by atoms with van der Waals surface area (Å²) in [7, 11) is 3.41. The van der Waals surface area contributed by atoms with E-state index < -0.39 is 0 Å². The molecule has 2 rings (SSSR count). The van der Waals surface area contributed by atoms with Gasteiger partial charge in [0.2, 0.25) is 0 Å². The van der Waals surface area contributed by atoms with Crippen molar-refractivity contribution in [3.63, 3.8) is 0 Å². The number of hydrogen-bond acceptors (Lipinski definition) is 2. The molecule has 2 nitrogen and oxygen atoms in total. The van der Waals surface area contributed by atoms with Crippen LogP contribution in [0.5, 0.6) is 0 Å². The lowest BCUT2D eigenvalue weighted by Crippen LogP contribution is -2.12. The maximum Gasteiger partial charge on any atom is 0.156 e. The van der Waals surface area contributed by atoms with Gasteiger partial charge in [0.05, 0.1) is 0 Å². The molecule has 0 unspecified atom stereocenters. The molecule has 0 aliphatic carbocycles. The molecule has 0 bridgehead atoms. The fourth-order valence-corrected chi connectivity index (χ4v) is 2.86. The third-order valence-corrected chi connectivity index (χ3v) is 4.45. The first kappa shape index (κ1) is 22.4. The number of ether oxygens (including phenoxy) is 2. The van der Waals surface area contributed by atoms with E-state index >= 15 is 0 Å². The van der Waals surface area contributed by atoms with Crippen molar-refractivity contribution < 1.29 is 9.47 Å². The highest BCUT2D eigenvalue weighted by atomic mass is 16.7. The zero-order valence-electron chi connectivity index (χ0n) is 16.8. The van der Waals surface area contributed by atoms with Crippen LogP contribution in [-0.2, 0) is 9.47 Å². The molecule has 26 heavy (non-hydrogen) atoms. The summed E-state index contributed by atoms with van der Waals surface area (Å²) in [4.78, 5) is 0. The van der Waals surface area contributed by atoms with Crippen LogP contribution < -0.4 is 0 Å². The largest absolute Gasteiger partial charge is 0.356 e. The summed E-state index contributed by atoms with van der Waals surface area (Å²) in [6, 6.07) is 20.8. The van der Waals surface area contributed by atoms with Gasteiger partial charge in [-0.25, -0.2) is 0 Å². The van der Waals surface area contributed by atoms with Crippen LogP contribution in [0, 0.1) is 0 Å². The second-order valence-corrected chi connectivity index (χ2v) is 6.54. The molecule has 0 aliphatic rings. The lowest BCUT2D eigenvalue weighted by Gasteiger charge is -2.12. The Morgan fingerprint density at radius 3 is 1.46 bits per heavy atom. The van der Waals surface area contributed by atoms with Crippen molar-refractivity contribution in [2.75, 3.05) is 14.2 Å². The monoisotopic (exact) mass is 356 g/mol. The Morgan fingerprint density at radius 2 is 1.04 bits per heavy atom. The Morgan fingerprint density at radius 1 is 0.615 bits per heavy atom. The van der Waals surface area contributed by atoms with Crippen LogP contribution in [0.2, 0.25) is 0 Å². The minimum absolute atomic E-state index is 0.00522. The highest BCUT2D eigenvalue weighted by Gasteiger charge is 2.03. The van der Waals surface area contributed by atoms with Gasteiger partial charge in [-0.05, 0) is 24.0 Å². The van der Waals surface area contributed by atoms with E-state index in [0.29, 0.717) is 0 Å². The number of hydrogen-bond donors (Lipinski definition) is 0. The molecule has 0 spiro atoms. The lowest BCUT2D eigenvalue weighted by molar-refractivity contribution is -0.107. The van der Waals surface area contributed by atoms with Gasteiger partial charge in [-0.3, -0.25) is 0 Å². The van der Waals surface area contributed by atoms with Crippen LogP contribution in [0.1, 0.15) is 58.3 Å². The summed E-state index contributed by atoms with van der Waals surface area (Å²) in [6.07, 6.45) is 10.4. The normalized spacial score (nSPS) is 10.5. The zero-order valence-corrected chi connectivity index (χ0v) is 16.8. The van der Waals surface area contributed by atoms with Crippen molar-refractivity contribution >= 4 is 0 Å². The van der Waals surface area contributed by atoms with Crippen molar-refractivity contribution in [2.24, 2.45) is 0 Å². The quantitative estimate of drug-likeness (QED) is 0.316. The van der Waals surface area contributed by atoms with E-state index in [9.17, 15) is 0 Å². The summed E-state index contributed by atoms with van der Waals surface area (Å²) in [5.74, 6) is 0. The Labute approximate surface area is 160 Å². The second-order valence-electron chi connectivity index (χ2n) is 6.54. The smallest absolute Gasteiger partial charge is 0.156 e. The first-order valence-corrected chi connectivity index (χ1v) is 9.97. The van der Waals surface area contributed by atoms with E-state index in [1.165, 1.54) is 56.1 Å². The fraction of sp³-hybridized carbons (Fsp3) is 0.500. The third-order valence-electron chi connectivity index (χ3n) is 4.45. The number of rotatable bonds is 11. The molecule has 0 atom stereocenters. The zero-order chi connectivity index (χ0) is 18.9. The van der Waals surface area contributed by atoms with Gasteiger partial charge >= 0.3 is 0 Å². The number of benzene rings is 2. The Balaban J connectivity index is 0.000000262. The molecule has 0 saturated heterocycles. The van der Waals surface area contributed by atoms with Crippen LogP contribution >= 0.6 is 0 Å². The van der Waals surface area contributed by atoms with Crippen molar-refractivity contribution in [1.29, 1.82) is 0 Å². The van der Waals surface area contributed by atoms with E-state index in [-0.39, 0.29) is 6.29 Å². The Hall–Kier alpha value is -1.64. The average Bonchev–Trinajstić information content (AvgIpc) is 2.72. The van der Waals surface area contributed by atoms with E-state index in [1.54, 1.807) is 14.2 Å². The van der Waals surface area contributed by atoms with Gasteiger partial charge in [0.25, 0.3) is 0 Å². The molecule has 0 radical (unpaired) electrons. The van der Waals surface area contributed by atoms with Crippen LogP contribution in [0.15, 0.2) is 60.7 Å². The summed E-state index contributed by atoms with van der Waals surface area (Å²) in [5.41, 5.74) is 2.55. The van der Waals surface area contributed by atoms with Gasteiger partial charge in [0.15, 0.2) is 6.29 Å². The van der Waals surface area contributed by atoms with Crippen LogP contribution in [-0.4, -0.2) is 20.5 Å². The SMILES string of the molecule is CCCCCCCCCC(OC)OC.c1ccc(-c2ccccc2)cc1. The highest BCUT2D eigenvalue weighted by molar-refractivity contribution is 5.62. The molecule has 0 amide bonds. The fourth-order valence-electron chi connectivity index (χ4n) is 2.86. The van der Waals surface area contributed by atoms with Gasteiger partial charge < -0.3 is 9.47 Å². The van der Waals surface area contributed by atoms with Gasteiger partial charge in [-0.15, -0.1) is 0 Å².